The largest absolute Gasteiger partial charge is 0.432 e. The predicted octanol–water partition coefficient (Wildman–Crippen LogP) is 3.04. The maximum absolute atomic E-state index is 11.2. The summed E-state index contributed by atoms with van der Waals surface area (Å²) in [6.45, 7) is 7.82. The summed E-state index contributed by atoms with van der Waals surface area (Å²) in [5.41, 5.74) is 8.17. The van der Waals surface area contributed by atoms with E-state index < -0.39 is 14.2 Å². The van der Waals surface area contributed by atoms with Crippen LogP contribution in [0.2, 0.25) is 18.1 Å². The smallest absolute Gasteiger partial charge is 0.270 e. The van der Waals surface area contributed by atoms with Crippen LogP contribution >= 0.6 is 0 Å². The van der Waals surface area contributed by atoms with Crippen LogP contribution in [0.15, 0.2) is 15.7 Å². The Balaban J connectivity index is 2.70. The van der Waals surface area contributed by atoms with Crippen molar-refractivity contribution in [3.05, 3.63) is 28.0 Å². The van der Waals surface area contributed by atoms with Crippen molar-refractivity contribution in [1.29, 1.82) is 0 Å². The molecule has 0 spiro atoms. The number of rotatable bonds is 5. The second kappa shape index (κ2) is 5.56. The van der Waals surface area contributed by atoms with E-state index in [1.165, 1.54) is 6.07 Å². The van der Waals surface area contributed by atoms with Crippen LogP contribution in [0.4, 0.5) is 0 Å². The highest BCUT2D eigenvalue weighted by atomic mass is 28.4. The fourth-order valence-electron chi connectivity index (χ4n) is 1.37. The zero-order valence-corrected chi connectivity index (χ0v) is 12.5. The van der Waals surface area contributed by atoms with Crippen LogP contribution in [0.3, 0.4) is 0 Å². The Kier molecular flexibility index (Phi) is 4.51. The summed E-state index contributed by atoms with van der Waals surface area (Å²) in [6, 6.07) is 1.47. The third kappa shape index (κ3) is 3.92. The molecule has 1 N–H and O–H groups in total. The molecule has 1 heterocycles. The molecule has 7 nitrogen and oxygen atoms in total. The molecule has 0 aromatic carbocycles. The molecule has 104 valence electrons. The van der Waals surface area contributed by atoms with Gasteiger partial charge in [-0.2, -0.15) is 0 Å². The molecule has 0 aliphatic rings. The zero-order chi connectivity index (χ0) is 14.7. The number of carbonyl (C=O) groups is 1. The maximum Gasteiger partial charge on any atom is 0.270 e. The first-order chi connectivity index (χ1) is 8.67. The Bertz CT molecular complexity index is 512. The van der Waals surface area contributed by atoms with E-state index in [1.807, 2.05) is 26.9 Å². The minimum absolute atomic E-state index is 0.00566. The second-order valence-corrected chi connectivity index (χ2v) is 10.1. The van der Waals surface area contributed by atoms with E-state index in [0.29, 0.717) is 12.2 Å². The van der Waals surface area contributed by atoms with Crippen molar-refractivity contribution in [1.82, 2.24) is 5.16 Å². The van der Waals surface area contributed by atoms with E-state index in [-0.39, 0.29) is 10.7 Å². The summed E-state index contributed by atoms with van der Waals surface area (Å²) < 4.78 is 5.02. The number of hydrogen-bond donors (Lipinski definition) is 1. The molecular formula is C11H18N4O3Si. The average Bonchev–Trinajstić information content (AvgIpc) is 2.74. The van der Waals surface area contributed by atoms with E-state index >= 15 is 0 Å². The minimum Gasteiger partial charge on any atom is -0.432 e. The molecule has 1 aromatic rings. The van der Waals surface area contributed by atoms with Crippen molar-refractivity contribution < 1.29 is 14.1 Å². The Morgan fingerprint density at radius 2 is 2.26 bits per heavy atom. The summed E-state index contributed by atoms with van der Waals surface area (Å²) in [5.74, 6) is -0.212. The molecule has 0 saturated carbocycles. The normalized spacial score (nSPS) is 12.1. The van der Waals surface area contributed by atoms with Crippen LogP contribution in [-0.4, -0.2) is 24.2 Å². The van der Waals surface area contributed by atoms with E-state index in [0.717, 1.165) is 6.42 Å². The molecule has 0 atom stereocenters. The third-order valence-electron chi connectivity index (χ3n) is 3.57. The molecule has 0 aliphatic carbocycles. The topological polar surface area (TPSA) is 112 Å². The molecule has 0 fully saturated rings. The highest BCUT2D eigenvalue weighted by molar-refractivity contribution is 6.72. The summed E-state index contributed by atoms with van der Waals surface area (Å²) in [7, 11) is -2.26. The van der Waals surface area contributed by atoms with Gasteiger partial charge in [-0.25, -0.2) is 0 Å². The average molecular weight is 282 g/mol. The van der Waals surface area contributed by atoms with E-state index in [9.17, 15) is 9.59 Å². The fraction of sp³-hybridized carbons (Fsp3) is 0.636. The monoisotopic (exact) mass is 282 g/mol. The van der Waals surface area contributed by atoms with Gasteiger partial charge >= 0.3 is 0 Å². The first-order valence-corrected chi connectivity index (χ1v) is 8.89. The van der Waals surface area contributed by atoms with Crippen molar-refractivity contribution in [2.75, 3.05) is 0 Å². The van der Waals surface area contributed by atoms with Crippen molar-refractivity contribution in [3.8, 4) is 0 Å². The highest BCUT2D eigenvalue weighted by Crippen LogP contribution is 2.39. The van der Waals surface area contributed by atoms with Gasteiger partial charge in [-0.1, -0.05) is 19.0 Å². The van der Waals surface area contributed by atoms with Crippen LogP contribution in [-0.2, 0) is 6.42 Å². The number of carbonyl (C=O) groups excluding carboxylic acids is 1. The minimum atomic E-state index is -2.26. The molecule has 19 heavy (non-hydrogen) atoms. The lowest BCUT2D eigenvalue weighted by molar-refractivity contribution is 0.0991. The lowest BCUT2D eigenvalue weighted by Gasteiger charge is -2.34. The number of hydrogen-bond acceptors (Lipinski definition) is 4. The molecule has 0 aliphatic heterocycles. The second-order valence-electron chi connectivity index (χ2n) is 5.62. The van der Waals surface area contributed by atoms with Crippen LogP contribution < -0.4 is 0 Å². The van der Waals surface area contributed by atoms with Gasteiger partial charge in [-0.3, -0.25) is 4.79 Å². The number of aromatic nitrogens is 1. The number of amides is 1. The Morgan fingerprint density at radius 3 is 2.79 bits per heavy atom. The van der Waals surface area contributed by atoms with E-state index in [4.69, 9.17) is 10.1 Å². The Labute approximate surface area is 112 Å². The number of nitrogens with zero attached hydrogens (tertiary/aromatic N) is 4. The first kappa shape index (κ1) is 15.4. The van der Waals surface area contributed by atoms with Crippen LogP contribution in [0.25, 0.3) is 10.4 Å². The summed E-state index contributed by atoms with van der Waals surface area (Å²) in [4.78, 5) is 23.8. The van der Waals surface area contributed by atoms with Gasteiger partial charge in [0.2, 0.25) is 0 Å². The van der Waals surface area contributed by atoms with E-state index in [2.05, 4.69) is 15.2 Å². The van der Waals surface area contributed by atoms with Crippen molar-refractivity contribution in [2.45, 2.75) is 44.8 Å². The molecule has 1 aromatic heterocycles. The maximum atomic E-state index is 11.2. The highest BCUT2D eigenvalue weighted by Gasteiger charge is 2.37. The standard InChI is InChI=1S/C11H18N4O3Si/c1-11(2,19(3,4)17)6-5-8-7-9(14-18-8)10(16)13-15-12/h7,17H,5-6H2,1-4H3. The van der Waals surface area contributed by atoms with Crippen molar-refractivity contribution in [2.24, 2.45) is 5.11 Å². The predicted molar refractivity (Wildman–Crippen MR) is 72.0 cm³/mol. The number of aryl methyl sites for hydroxylation is 1. The van der Waals surface area contributed by atoms with Gasteiger partial charge in [-0.05, 0) is 35.2 Å². The van der Waals surface area contributed by atoms with Gasteiger partial charge < -0.3 is 9.32 Å². The van der Waals surface area contributed by atoms with Gasteiger partial charge in [0, 0.05) is 17.4 Å². The Morgan fingerprint density at radius 1 is 1.63 bits per heavy atom. The van der Waals surface area contributed by atoms with Crippen molar-refractivity contribution >= 4 is 14.2 Å². The van der Waals surface area contributed by atoms with Gasteiger partial charge in [0.15, 0.2) is 14.0 Å². The lowest BCUT2D eigenvalue weighted by atomic mass is 10.1. The molecule has 0 unspecified atom stereocenters. The lowest BCUT2D eigenvalue weighted by Crippen LogP contribution is -2.39. The third-order valence-corrected chi connectivity index (χ3v) is 7.13. The Hall–Kier alpha value is -1.63. The quantitative estimate of drug-likeness (QED) is 0.387. The van der Waals surface area contributed by atoms with Gasteiger partial charge in [-0.15, -0.1) is 0 Å². The molecule has 8 heteroatoms. The molecule has 1 rings (SSSR count). The molecular weight excluding hydrogens is 264 g/mol. The fourth-order valence-corrected chi connectivity index (χ4v) is 2.10. The van der Waals surface area contributed by atoms with Gasteiger partial charge in [0.05, 0.1) is 0 Å². The SMILES string of the molecule is CC(C)(CCc1cc(C(=O)N=[N+]=[N-])no1)[Si](C)(C)O. The number of azide groups is 1. The molecule has 0 radical (unpaired) electrons. The van der Waals surface area contributed by atoms with Crippen LogP contribution in [0.5, 0.6) is 0 Å². The summed E-state index contributed by atoms with van der Waals surface area (Å²) >= 11 is 0. The molecule has 0 saturated heterocycles. The first-order valence-electron chi connectivity index (χ1n) is 5.95. The van der Waals surface area contributed by atoms with Crippen molar-refractivity contribution in [3.63, 3.8) is 0 Å². The zero-order valence-electron chi connectivity index (χ0n) is 11.5. The molecule has 1 amide bonds. The molecule has 0 bridgehead atoms. The van der Waals surface area contributed by atoms with E-state index in [1.54, 1.807) is 0 Å². The van der Waals surface area contributed by atoms with Gasteiger partial charge in [0.1, 0.15) is 5.76 Å². The summed E-state index contributed by atoms with van der Waals surface area (Å²) in [5, 5.41) is 6.33. The van der Waals surface area contributed by atoms with Crippen LogP contribution in [0, 0.1) is 0 Å². The summed E-state index contributed by atoms with van der Waals surface area (Å²) in [6.07, 6.45) is 1.30. The van der Waals surface area contributed by atoms with Gasteiger partial charge in [0.25, 0.3) is 5.91 Å². The van der Waals surface area contributed by atoms with Crippen LogP contribution in [0.1, 0.15) is 36.5 Å².